The highest BCUT2D eigenvalue weighted by Crippen LogP contribution is 2.20. The Morgan fingerprint density at radius 1 is 1.06 bits per heavy atom. The molecule has 0 amide bonds. The molecule has 1 aliphatic heterocycles. The lowest BCUT2D eigenvalue weighted by Gasteiger charge is -2.27. The molecule has 35 heavy (non-hydrogen) atoms. The van der Waals surface area contributed by atoms with Gasteiger partial charge in [-0.25, -0.2) is 4.39 Å². The van der Waals surface area contributed by atoms with E-state index in [1.54, 1.807) is 19.2 Å². The molecule has 0 aromatic heterocycles. The van der Waals surface area contributed by atoms with Gasteiger partial charge in [-0.05, 0) is 41.0 Å². The van der Waals surface area contributed by atoms with Crippen molar-refractivity contribution in [2.45, 2.75) is 31.8 Å². The number of aliphatic hydroxyl groups excluding tert-OH is 1. The zero-order valence-corrected chi connectivity index (χ0v) is 19.8. The van der Waals surface area contributed by atoms with E-state index in [0.717, 1.165) is 28.2 Å². The number of ether oxygens (including phenoxy) is 2. The quantitative estimate of drug-likeness (QED) is 0.418. The molecule has 4 rings (SSSR count). The summed E-state index contributed by atoms with van der Waals surface area (Å²) in [4.78, 5) is 7.84. The molecule has 2 atom stereocenters. The van der Waals surface area contributed by atoms with Gasteiger partial charge in [-0.15, -0.1) is 0 Å². The fourth-order valence-corrected chi connectivity index (χ4v) is 4.10. The summed E-state index contributed by atoms with van der Waals surface area (Å²) in [5.74, 6) is 0.506. The van der Waals surface area contributed by atoms with Crippen molar-refractivity contribution < 1.29 is 23.8 Å². The first-order valence-corrected chi connectivity index (χ1v) is 11.7. The van der Waals surface area contributed by atoms with E-state index in [9.17, 15) is 9.50 Å². The van der Waals surface area contributed by atoms with Gasteiger partial charge in [-0.2, -0.15) is 0 Å². The van der Waals surface area contributed by atoms with Crippen molar-refractivity contribution in [2.24, 2.45) is 5.16 Å². The number of halogens is 1. The van der Waals surface area contributed by atoms with Crippen LogP contribution in [-0.4, -0.2) is 54.7 Å². The van der Waals surface area contributed by atoms with E-state index in [1.807, 2.05) is 54.6 Å². The van der Waals surface area contributed by atoms with Gasteiger partial charge >= 0.3 is 0 Å². The van der Waals surface area contributed by atoms with Gasteiger partial charge in [-0.3, -0.25) is 4.90 Å². The van der Waals surface area contributed by atoms with Crippen LogP contribution in [0.25, 0.3) is 0 Å². The monoisotopic (exact) mass is 478 g/mol. The molecule has 0 unspecified atom stereocenters. The van der Waals surface area contributed by atoms with Crippen molar-refractivity contribution in [3.63, 3.8) is 0 Å². The normalized spacial score (nSPS) is 16.1. The van der Waals surface area contributed by atoms with Crippen molar-refractivity contribution in [3.05, 3.63) is 101 Å². The molecule has 0 fully saturated rings. The SMILES string of the molecule is COc1cccc(CN(C[C@@H](O)COCc2ccccc2)C[C@@H]2CC(c3ccc(F)cc3)=NO2)c1. The minimum absolute atomic E-state index is 0.168. The lowest BCUT2D eigenvalue weighted by molar-refractivity contribution is -0.00649. The third-order valence-corrected chi connectivity index (χ3v) is 5.80. The Balaban J connectivity index is 1.35. The van der Waals surface area contributed by atoms with Gasteiger partial charge in [0.05, 0.1) is 32.1 Å². The number of nitrogens with zero attached hydrogens (tertiary/aromatic N) is 2. The fourth-order valence-electron chi connectivity index (χ4n) is 4.10. The molecule has 0 saturated carbocycles. The molecule has 0 radical (unpaired) electrons. The Hall–Kier alpha value is -3.26. The van der Waals surface area contributed by atoms with E-state index in [-0.39, 0.29) is 18.5 Å². The molecule has 0 bridgehead atoms. The fraction of sp³-hybridized carbons (Fsp3) is 0.321. The largest absolute Gasteiger partial charge is 0.497 e. The molecule has 1 heterocycles. The summed E-state index contributed by atoms with van der Waals surface area (Å²) in [5.41, 5.74) is 3.78. The second-order valence-electron chi connectivity index (χ2n) is 8.68. The predicted octanol–water partition coefficient (Wildman–Crippen LogP) is 4.41. The molecule has 0 saturated heterocycles. The molecule has 7 heteroatoms. The maximum atomic E-state index is 13.3. The zero-order valence-electron chi connectivity index (χ0n) is 19.8. The molecule has 0 aliphatic carbocycles. The van der Waals surface area contributed by atoms with Crippen LogP contribution in [0.4, 0.5) is 4.39 Å². The Bertz CT molecular complexity index is 1090. The first kappa shape index (κ1) is 24.9. The van der Waals surface area contributed by atoms with Gasteiger partial charge in [0.2, 0.25) is 0 Å². The number of oxime groups is 1. The maximum Gasteiger partial charge on any atom is 0.145 e. The number of benzene rings is 3. The van der Waals surface area contributed by atoms with Crippen molar-refractivity contribution in [1.82, 2.24) is 4.90 Å². The van der Waals surface area contributed by atoms with Crippen LogP contribution in [-0.2, 0) is 22.7 Å². The predicted molar refractivity (Wildman–Crippen MR) is 133 cm³/mol. The van der Waals surface area contributed by atoms with Gasteiger partial charge in [0, 0.05) is 26.1 Å². The highest BCUT2D eigenvalue weighted by molar-refractivity contribution is 6.01. The standard InChI is InChI=1S/C28H31FN2O4/c1-33-26-9-5-8-22(14-26)16-31(17-25(32)20-34-19-21-6-3-2-4-7-21)18-27-15-28(30-35-27)23-10-12-24(29)13-11-23/h2-14,25,27,32H,15-20H2,1H3/t25-,27+/m1/s1. The van der Waals surface area contributed by atoms with E-state index in [2.05, 4.69) is 10.1 Å². The number of hydrogen-bond donors (Lipinski definition) is 1. The summed E-state index contributed by atoms with van der Waals surface area (Å²) in [6.45, 7) is 2.28. The summed E-state index contributed by atoms with van der Waals surface area (Å²) >= 11 is 0. The molecule has 0 spiro atoms. The second-order valence-corrected chi connectivity index (χ2v) is 8.68. The van der Waals surface area contributed by atoms with Gasteiger partial charge in [0.25, 0.3) is 0 Å². The smallest absolute Gasteiger partial charge is 0.145 e. The van der Waals surface area contributed by atoms with E-state index >= 15 is 0 Å². The Morgan fingerprint density at radius 3 is 2.60 bits per heavy atom. The average Bonchev–Trinajstić information content (AvgIpc) is 3.33. The summed E-state index contributed by atoms with van der Waals surface area (Å²) < 4.78 is 24.4. The third kappa shape index (κ3) is 7.62. The van der Waals surface area contributed by atoms with Gasteiger partial charge in [-0.1, -0.05) is 59.8 Å². The van der Waals surface area contributed by atoms with Crippen LogP contribution in [0, 0.1) is 5.82 Å². The number of hydrogen-bond acceptors (Lipinski definition) is 6. The second kappa shape index (κ2) is 12.4. The topological polar surface area (TPSA) is 63.5 Å². The van der Waals surface area contributed by atoms with E-state index in [4.69, 9.17) is 14.3 Å². The van der Waals surface area contributed by atoms with Crippen LogP contribution in [0.1, 0.15) is 23.1 Å². The van der Waals surface area contributed by atoms with Gasteiger partial charge in [0.1, 0.15) is 17.7 Å². The van der Waals surface area contributed by atoms with Gasteiger partial charge in [0.15, 0.2) is 0 Å². The summed E-state index contributed by atoms with van der Waals surface area (Å²) in [6.07, 6.45) is -0.220. The molecular formula is C28H31FN2O4. The summed E-state index contributed by atoms with van der Waals surface area (Å²) in [5, 5.41) is 14.9. The zero-order chi connectivity index (χ0) is 24.5. The Labute approximate surface area is 205 Å². The number of rotatable bonds is 12. The third-order valence-electron chi connectivity index (χ3n) is 5.80. The van der Waals surface area contributed by atoms with Crippen LogP contribution in [0.15, 0.2) is 84.0 Å². The lowest BCUT2D eigenvalue weighted by atomic mass is 10.0. The van der Waals surface area contributed by atoms with Crippen LogP contribution >= 0.6 is 0 Å². The van der Waals surface area contributed by atoms with Crippen molar-refractivity contribution in [3.8, 4) is 5.75 Å². The van der Waals surface area contributed by atoms with Crippen LogP contribution in [0.2, 0.25) is 0 Å². The maximum absolute atomic E-state index is 13.3. The van der Waals surface area contributed by atoms with E-state index < -0.39 is 6.10 Å². The minimum atomic E-state index is -0.664. The van der Waals surface area contributed by atoms with Crippen LogP contribution in [0.3, 0.4) is 0 Å². The minimum Gasteiger partial charge on any atom is -0.497 e. The average molecular weight is 479 g/mol. The first-order valence-electron chi connectivity index (χ1n) is 11.7. The van der Waals surface area contributed by atoms with Crippen LogP contribution in [0.5, 0.6) is 5.75 Å². The molecule has 3 aromatic carbocycles. The number of aliphatic hydroxyl groups is 1. The molecule has 3 aromatic rings. The Kier molecular flexibility index (Phi) is 8.84. The summed E-state index contributed by atoms with van der Waals surface area (Å²) in [6, 6.07) is 24.0. The summed E-state index contributed by atoms with van der Waals surface area (Å²) in [7, 11) is 1.64. The van der Waals surface area contributed by atoms with Crippen LogP contribution < -0.4 is 4.74 Å². The highest BCUT2D eigenvalue weighted by atomic mass is 19.1. The molecule has 1 N–H and O–H groups in total. The lowest BCUT2D eigenvalue weighted by Crippen LogP contribution is -2.39. The van der Waals surface area contributed by atoms with Crippen molar-refractivity contribution >= 4 is 5.71 Å². The van der Waals surface area contributed by atoms with E-state index in [0.29, 0.717) is 32.7 Å². The van der Waals surface area contributed by atoms with Crippen molar-refractivity contribution in [1.29, 1.82) is 0 Å². The number of methoxy groups -OCH3 is 1. The van der Waals surface area contributed by atoms with Gasteiger partial charge < -0.3 is 19.4 Å². The highest BCUT2D eigenvalue weighted by Gasteiger charge is 2.26. The first-order chi connectivity index (χ1) is 17.1. The van der Waals surface area contributed by atoms with Crippen molar-refractivity contribution in [2.75, 3.05) is 26.8 Å². The molecule has 6 nitrogen and oxygen atoms in total. The molecule has 1 aliphatic rings. The van der Waals surface area contributed by atoms with E-state index in [1.165, 1.54) is 12.1 Å². The molecular weight excluding hydrogens is 447 g/mol. The molecule has 184 valence electrons. The Morgan fingerprint density at radius 2 is 1.83 bits per heavy atom.